The van der Waals surface area contributed by atoms with Crippen LogP contribution in [0.25, 0.3) is 0 Å². The van der Waals surface area contributed by atoms with Crippen molar-refractivity contribution in [2.75, 3.05) is 18.4 Å². The van der Waals surface area contributed by atoms with Crippen LogP contribution in [-0.2, 0) is 22.9 Å². The monoisotopic (exact) mass is 390 g/mol. The normalized spacial score (nSPS) is 13.8. The quantitative estimate of drug-likeness (QED) is 0.577. The highest BCUT2D eigenvalue weighted by Crippen LogP contribution is 2.20. The number of hydrogen-bond acceptors (Lipinski definition) is 5. The highest BCUT2D eigenvalue weighted by Gasteiger charge is 2.18. The standard InChI is InChI=1S/C18H22N4O4S/c19-8-9-20-27(25,26)14-6-3-5-13(11-14)21-17(23)15-10-12-4-1-2-7-16(12)22-18(15)24/h3,5-6,10-11,20H,1-2,4,7-9,19H2,(H,21,23)(H,22,24). The summed E-state index contributed by atoms with van der Waals surface area (Å²) in [4.78, 5) is 27.6. The predicted octanol–water partition coefficient (Wildman–Crippen LogP) is 0.743. The van der Waals surface area contributed by atoms with Crippen LogP contribution in [0.5, 0.6) is 0 Å². The minimum atomic E-state index is -3.71. The van der Waals surface area contributed by atoms with Crippen LogP contribution < -0.4 is 21.3 Å². The van der Waals surface area contributed by atoms with E-state index in [1.807, 2.05) is 0 Å². The van der Waals surface area contributed by atoms with Gasteiger partial charge in [0.25, 0.3) is 11.5 Å². The van der Waals surface area contributed by atoms with Gasteiger partial charge in [-0.3, -0.25) is 9.59 Å². The Morgan fingerprint density at radius 2 is 1.96 bits per heavy atom. The van der Waals surface area contributed by atoms with Crippen LogP contribution in [0.1, 0.15) is 34.5 Å². The third-order valence-corrected chi connectivity index (χ3v) is 5.88. The first-order valence-electron chi connectivity index (χ1n) is 8.77. The number of carbonyl (C=O) groups is 1. The van der Waals surface area contributed by atoms with Crippen molar-refractivity contribution in [3.8, 4) is 0 Å². The lowest BCUT2D eigenvalue weighted by atomic mass is 9.95. The number of amides is 1. The summed E-state index contributed by atoms with van der Waals surface area (Å²) in [5.74, 6) is -0.575. The summed E-state index contributed by atoms with van der Waals surface area (Å²) in [6, 6.07) is 7.46. The van der Waals surface area contributed by atoms with E-state index in [4.69, 9.17) is 5.73 Å². The van der Waals surface area contributed by atoms with Crippen LogP contribution in [0.2, 0.25) is 0 Å². The molecule has 144 valence electrons. The van der Waals surface area contributed by atoms with Gasteiger partial charge < -0.3 is 16.0 Å². The number of anilines is 1. The Morgan fingerprint density at radius 1 is 1.19 bits per heavy atom. The topological polar surface area (TPSA) is 134 Å². The molecule has 0 fully saturated rings. The number of rotatable bonds is 6. The highest BCUT2D eigenvalue weighted by atomic mass is 32.2. The molecule has 0 saturated heterocycles. The Balaban J connectivity index is 1.83. The molecule has 2 aromatic rings. The first-order valence-corrected chi connectivity index (χ1v) is 10.3. The maximum absolute atomic E-state index is 12.5. The summed E-state index contributed by atoms with van der Waals surface area (Å²) in [5, 5.41) is 2.60. The van der Waals surface area contributed by atoms with Gasteiger partial charge in [0, 0.05) is 24.5 Å². The Kier molecular flexibility index (Phi) is 5.73. The second kappa shape index (κ2) is 8.03. The van der Waals surface area contributed by atoms with Crippen molar-refractivity contribution in [2.45, 2.75) is 30.6 Å². The average molecular weight is 390 g/mol. The van der Waals surface area contributed by atoms with Crippen LogP contribution in [0, 0.1) is 0 Å². The second-order valence-electron chi connectivity index (χ2n) is 6.39. The molecule has 1 amide bonds. The van der Waals surface area contributed by atoms with Gasteiger partial charge in [0.15, 0.2) is 0 Å². The molecule has 0 bridgehead atoms. The molecule has 8 nitrogen and oxygen atoms in total. The van der Waals surface area contributed by atoms with Gasteiger partial charge >= 0.3 is 0 Å². The lowest BCUT2D eigenvalue weighted by Gasteiger charge is -2.16. The van der Waals surface area contributed by atoms with Crippen molar-refractivity contribution in [2.24, 2.45) is 5.73 Å². The lowest BCUT2D eigenvalue weighted by Crippen LogP contribution is -2.29. The van der Waals surface area contributed by atoms with E-state index in [9.17, 15) is 18.0 Å². The zero-order valence-electron chi connectivity index (χ0n) is 14.7. The predicted molar refractivity (Wildman–Crippen MR) is 102 cm³/mol. The van der Waals surface area contributed by atoms with Crippen molar-refractivity contribution in [1.82, 2.24) is 9.71 Å². The molecule has 9 heteroatoms. The van der Waals surface area contributed by atoms with Crippen LogP contribution in [-0.4, -0.2) is 32.4 Å². The Labute approximate surface area is 157 Å². The number of nitrogens with two attached hydrogens (primary N) is 1. The van der Waals surface area contributed by atoms with Crippen molar-refractivity contribution in [3.05, 3.63) is 57.5 Å². The van der Waals surface area contributed by atoms with Crippen molar-refractivity contribution in [1.29, 1.82) is 0 Å². The maximum atomic E-state index is 12.5. The number of H-pyrrole nitrogens is 1. The van der Waals surface area contributed by atoms with E-state index in [0.717, 1.165) is 36.9 Å². The number of fused-ring (bicyclic) bond motifs is 1. The fourth-order valence-electron chi connectivity index (χ4n) is 3.06. The number of aromatic amines is 1. The molecule has 0 unspecified atom stereocenters. The minimum Gasteiger partial charge on any atom is -0.329 e. The highest BCUT2D eigenvalue weighted by molar-refractivity contribution is 7.89. The molecule has 0 saturated carbocycles. The van der Waals surface area contributed by atoms with Gasteiger partial charge in [-0.05, 0) is 55.5 Å². The van der Waals surface area contributed by atoms with E-state index in [1.165, 1.54) is 18.2 Å². The van der Waals surface area contributed by atoms with E-state index in [2.05, 4.69) is 15.0 Å². The first kappa shape index (κ1) is 19.3. The van der Waals surface area contributed by atoms with Crippen molar-refractivity contribution in [3.63, 3.8) is 0 Å². The molecule has 5 N–H and O–H groups in total. The fraction of sp³-hybridized carbons (Fsp3) is 0.333. The van der Waals surface area contributed by atoms with Crippen LogP contribution in [0.15, 0.2) is 40.0 Å². The molecule has 0 aliphatic heterocycles. The fourth-order valence-corrected chi connectivity index (χ4v) is 4.15. The number of hydrogen-bond donors (Lipinski definition) is 4. The van der Waals surface area contributed by atoms with Gasteiger partial charge in [0.1, 0.15) is 5.56 Å². The molecule has 1 aliphatic rings. The minimum absolute atomic E-state index is 0.00750. The Morgan fingerprint density at radius 3 is 2.74 bits per heavy atom. The van der Waals surface area contributed by atoms with E-state index < -0.39 is 21.5 Å². The number of benzene rings is 1. The van der Waals surface area contributed by atoms with Crippen LogP contribution >= 0.6 is 0 Å². The average Bonchev–Trinajstić information content (AvgIpc) is 2.66. The summed E-state index contributed by atoms with van der Waals surface area (Å²) >= 11 is 0. The smallest absolute Gasteiger partial charge is 0.261 e. The van der Waals surface area contributed by atoms with Crippen molar-refractivity contribution >= 4 is 21.6 Å². The molecular formula is C18H22N4O4S. The van der Waals surface area contributed by atoms with Gasteiger partial charge in [-0.15, -0.1) is 0 Å². The van der Waals surface area contributed by atoms with Crippen molar-refractivity contribution < 1.29 is 13.2 Å². The summed E-state index contributed by atoms with van der Waals surface area (Å²) in [6.45, 7) is 0.292. The molecule has 1 aromatic heterocycles. The van der Waals surface area contributed by atoms with Gasteiger partial charge in [-0.25, -0.2) is 13.1 Å². The molecule has 1 heterocycles. The molecule has 0 spiro atoms. The number of nitrogens with one attached hydrogen (secondary N) is 3. The maximum Gasteiger partial charge on any atom is 0.261 e. The summed E-state index contributed by atoms with van der Waals surface area (Å²) in [5.41, 5.74) is 7.05. The molecule has 1 aliphatic carbocycles. The third-order valence-electron chi connectivity index (χ3n) is 4.42. The zero-order chi connectivity index (χ0) is 19.4. The van der Waals surface area contributed by atoms with Gasteiger partial charge in [0.2, 0.25) is 10.0 Å². The molecule has 27 heavy (non-hydrogen) atoms. The number of aryl methyl sites for hydroxylation is 2. The largest absolute Gasteiger partial charge is 0.329 e. The number of pyridine rings is 1. The van der Waals surface area contributed by atoms with Crippen LogP contribution in [0.3, 0.4) is 0 Å². The molecule has 0 radical (unpaired) electrons. The summed E-state index contributed by atoms with van der Waals surface area (Å²) in [7, 11) is -3.71. The zero-order valence-corrected chi connectivity index (χ0v) is 15.6. The molecule has 1 aromatic carbocycles. The second-order valence-corrected chi connectivity index (χ2v) is 8.16. The van der Waals surface area contributed by atoms with E-state index >= 15 is 0 Å². The van der Waals surface area contributed by atoms with Gasteiger partial charge in [0.05, 0.1) is 4.90 Å². The summed E-state index contributed by atoms with van der Waals surface area (Å²) in [6.07, 6.45) is 3.68. The molecule has 0 atom stereocenters. The summed E-state index contributed by atoms with van der Waals surface area (Å²) < 4.78 is 26.7. The number of sulfonamides is 1. The SMILES string of the molecule is NCCNS(=O)(=O)c1cccc(NC(=O)c2cc3c([nH]c2=O)CCCC3)c1. The van der Waals surface area contributed by atoms with E-state index in [1.54, 1.807) is 12.1 Å². The first-order chi connectivity index (χ1) is 12.9. The number of aromatic nitrogens is 1. The third kappa shape index (κ3) is 4.44. The lowest BCUT2D eigenvalue weighted by molar-refractivity contribution is 0.102. The Bertz CT molecular complexity index is 1010. The molecular weight excluding hydrogens is 368 g/mol. The van der Waals surface area contributed by atoms with E-state index in [-0.39, 0.29) is 29.2 Å². The molecule has 3 rings (SSSR count). The Hall–Kier alpha value is -2.49. The van der Waals surface area contributed by atoms with Crippen LogP contribution in [0.4, 0.5) is 5.69 Å². The van der Waals surface area contributed by atoms with Gasteiger partial charge in [-0.2, -0.15) is 0 Å². The van der Waals surface area contributed by atoms with Gasteiger partial charge in [-0.1, -0.05) is 6.07 Å². The number of carbonyl (C=O) groups excluding carboxylic acids is 1. The van der Waals surface area contributed by atoms with E-state index in [0.29, 0.717) is 0 Å².